The van der Waals surface area contributed by atoms with Gasteiger partial charge in [-0.05, 0) is 44.0 Å². The van der Waals surface area contributed by atoms with E-state index in [0.717, 1.165) is 15.8 Å². The Bertz CT molecular complexity index is 1460. The molecular formula is C28H33FN6O3S. The van der Waals surface area contributed by atoms with Gasteiger partial charge in [0.15, 0.2) is 0 Å². The lowest BCUT2D eigenvalue weighted by Gasteiger charge is -2.30. The number of aromatic nitrogens is 4. The molecule has 11 heteroatoms. The fourth-order valence-electron chi connectivity index (χ4n) is 5.11. The Morgan fingerprint density at radius 1 is 1.21 bits per heavy atom. The van der Waals surface area contributed by atoms with Gasteiger partial charge in [0.05, 0.1) is 34.3 Å². The maximum atomic E-state index is 13.9. The highest BCUT2D eigenvalue weighted by Gasteiger charge is 2.50. The monoisotopic (exact) mass is 552 g/mol. The highest BCUT2D eigenvalue weighted by atomic mass is 32.1. The molecule has 1 aromatic carbocycles. The maximum Gasteiger partial charge on any atom is 0.224 e. The molecule has 0 aliphatic heterocycles. The van der Waals surface area contributed by atoms with Gasteiger partial charge in [-0.1, -0.05) is 26.0 Å². The van der Waals surface area contributed by atoms with Crippen LogP contribution in [0.4, 0.5) is 16.2 Å². The van der Waals surface area contributed by atoms with Gasteiger partial charge in [0.25, 0.3) is 0 Å². The number of hydrogen-bond donors (Lipinski definition) is 5. The number of rotatable bonds is 8. The normalized spacial score (nSPS) is 23.3. The van der Waals surface area contributed by atoms with E-state index >= 15 is 0 Å². The van der Waals surface area contributed by atoms with Gasteiger partial charge in [-0.3, -0.25) is 4.98 Å². The van der Waals surface area contributed by atoms with E-state index in [4.69, 9.17) is 15.0 Å². The van der Waals surface area contributed by atoms with Crippen molar-refractivity contribution < 1.29 is 19.7 Å². The molecule has 0 spiro atoms. The summed E-state index contributed by atoms with van der Waals surface area (Å²) in [5.41, 5.74) is 1.04. The van der Waals surface area contributed by atoms with Crippen LogP contribution in [0.5, 0.6) is 0 Å². The maximum absolute atomic E-state index is 13.9. The zero-order valence-electron chi connectivity index (χ0n) is 22.3. The molecular weight excluding hydrogens is 519 g/mol. The number of nitrogens with zero attached hydrogens (tertiary/aromatic N) is 4. The van der Waals surface area contributed by atoms with Crippen molar-refractivity contribution in [3.05, 3.63) is 59.8 Å². The van der Waals surface area contributed by atoms with Crippen LogP contribution in [0.15, 0.2) is 42.7 Å². The van der Waals surface area contributed by atoms with E-state index in [9.17, 15) is 19.7 Å². The molecule has 9 nitrogen and oxygen atoms in total. The van der Waals surface area contributed by atoms with Crippen molar-refractivity contribution in [2.75, 3.05) is 23.8 Å². The lowest BCUT2D eigenvalue weighted by atomic mass is 9.84. The van der Waals surface area contributed by atoms with Gasteiger partial charge >= 0.3 is 0 Å². The Kier molecular flexibility index (Phi) is 7.27. The van der Waals surface area contributed by atoms with Crippen LogP contribution in [0.25, 0.3) is 20.8 Å². The highest BCUT2D eigenvalue weighted by molar-refractivity contribution is 7.21. The first kappa shape index (κ1) is 27.3. The van der Waals surface area contributed by atoms with Gasteiger partial charge in [0.2, 0.25) is 5.95 Å². The molecule has 5 N–H and O–H groups in total. The van der Waals surface area contributed by atoms with Crippen molar-refractivity contribution in [1.29, 1.82) is 0 Å². The zero-order valence-corrected chi connectivity index (χ0v) is 23.1. The van der Waals surface area contributed by atoms with Crippen molar-refractivity contribution in [3.63, 3.8) is 0 Å². The van der Waals surface area contributed by atoms with Crippen LogP contribution in [0.1, 0.15) is 38.4 Å². The minimum absolute atomic E-state index is 0.238. The SMILES string of the molecule is Cc1nc(NCC(C)(C)c2cccc(F)c2)nc(NC2C[C@H](CO)[C@@H](O)[C@@]2(C)O)c1-c1nc2cnccc2s1. The van der Waals surface area contributed by atoms with Crippen LogP contribution in [0.3, 0.4) is 0 Å². The number of aliphatic hydroxyl groups excluding tert-OH is 2. The second-order valence-electron chi connectivity index (χ2n) is 11.0. The van der Waals surface area contributed by atoms with E-state index in [-0.39, 0.29) is 12.4 Å². The molecule has 1 unspecified atom stereocenters. The lowest BCUT2D eigenvalue weighted by Crippen LogP contribution is -2.48. The van der Waals surface area contributed by atoms with Gasteiger partial charge in [-0.25, -0.2) is 14.4 Å². The van der Waals surface area contributed by atoms with Gasteiger partial charge in [-0.15, -0.1) is 11.3 Å². The summed E-state index contributed by atoms with van der Waals surface area (Å²) in [6.45, 7) is 7.65. The smallest absolute Gasteiger partial charge is 0.224 e. The summed E-state index contributed by atoms with van der Waals surface area (Å²) >= 11 is 1.49. The first-order valence-electron chi connectivity index (χ1n) is 12.9. The van der Waals surface area contributed by atoms with Crippen molar-refractivity contribution >= 4 is 33.3 Å². The second-order valence-corrected chi connectivity index (χ2v) is 12.0. The molecule has 1 fully saturated rings. The minimum atomic E-state index is -1.49. The molecule has 0 saturated heterocycles. The van der Waals surface area contributed by atoms with E-state index in [1.54, 1.807) is 25.4 Å². The third-order valence-corrected chi connectivity index (χ3v) is 8.68. The van der Waals surface area contributed by atoms with E-state index < -0.39 is 29.1 Å². The average molecular weight is 553 g/mol. The van der Waals surface area contributed by atoms with Crippen LogP contribution in [-0.2, 0) is 5.41 Å². The predicted octanol–water partition coefficient (Wildman–Crippen LogP) is 3.89. The first-order chi connectivity index (χ1) is 18.5. The number of nitrogens with one attached hydrogen (secondary N) is 2. The Balaban J connectivity index is 1.51. The summed E-state index contributed by atoms with van der Waals surface area (Å²) in [5, 5.41) is 38.8. The topological polar surface area (TPSA) is 136 Å². The number of aryl methyl sites for hydroxylation is 1. The summed E-state index contributed by atoms with van der Waals surface area (Å²) in [5.74, 6) is 0.0585. The number of anilines is 2. The van der Waals surface area contributed by atoms with Gasteiger partial charge in [0, 0.05) is 30.7 Å². The second kappa shape index (κ2) is 10.4. The van der Waals surface area contributed by atoms with Gasteiger partial charge < -0.3 is 26.0 Å². The van der Waals surface area contributed by atoms with Crippen molar-refractivity contribution in [2.24, 2.45) is 5.92 Å². The van der Waals surface area contributed by atoms with E-state index in [1.807, 2.05) is 32.9 Å². The average Bonchev–Trinajstić information content (AvgIpc) is 3.41. The van der Waals surface area contributed by atoms with Crippen LogP contribution in [0, 0.1) is 18.7 Å². The molecule has 4 aromatic rings. The first-order valence-corrected chi connectivity index (χ1v) is 13.7. The zero-order chi connectivity index (χ0) is 27.9. The molecule has 3 heterocycles. The molecule has 206 valence electrons. The third kappa shape index (κ3) is 5.31. The van der Waals surface area contributed by atoms with E-state index in [1.165, 1.54) is 23.5 Å². The summed E-state index contributed by atoms with van der Waals surface area (Å²) in [4.78, 5) is 18.4. The number of halogens is 1. The Labute approximate surface area is 230 Å². The van der Waals surface area contributed by atoms with Gasteiger partial charge in [-0.2, -0.15) is 4.98 Å². The molecule has 4 atom stereocenters. The molecule has 1 aliphatic carbocycles. The quantitative estimate of drug-likeness (QED) is 0.221. The van der Waals surface area contributed by atoms with Crippen molar-refractivity contribution in [1.82, 2.24) is 19.9 Å². The molecule has 1 saturated carbocycles. The summed E-state index contributed by atoms with van der Waals surface area (Å²) in [6, 6.07) is 7.85. The van der Waals surface area contributed by atoms with Crippen LogP contribution < -0.4 is 10.6 Å². The lowest BCUT2D eigenvalue weighted by molar-refractivity contribution is -0.0647. The Morgan fingerprint density at radius 3 is 2.69 bits per heavy atom. The molecule has 0 amide bonds. The number of fused-ring (bicyclic) bond motifs is 1. The molecule has 0 bridgehead atoms. The molecule has 1 aliphatic rings. The largest absolute Gasteiger partial charge is 0.396 e. The Hall–Kier alpha value is -3.25. The van der Waals surface area contributed by atoms with Crippen LogP contribution >= 0.6 is 11.3 Å². The standard InChI is InChI=1S/C28H33FN6O3S/c1-15-22(25-33-19-12-30-9-8-20(19)39-25)24(34-21-10-16(13-36)23(37)28(21,4)38)35-26(32-15)31-14-27(2,3)17-6-5-7-18(29)11-17/h5-9,11-12,16,21,23,36-38H,10,13-14H2,1-4H3,(H2,31,32,34,35)/t16-,21?,23-,28+/m1/s1. The minimum Gasteiger partial charge on any atom is -0.396 e. The van der Waals surface area contributed by atoms with Crippen LogP contribution in [-0.4, -0.2) is 66.2 Å². The predicted molar refractivity (Wildman–Crippen MR) is 150 cm³/mol. The number of hydrogen-bond acceptors (Lipinski definition) is 10. The van der Waals surface area contributed by atoms with E-state index in [0.29, 0.717) is 41.0 Å². The number of benzene rings is 1. The molecule has 39 heavy (non-hydrogen) atoms. The van der Waals surface area contributed by atoms with E-state index in [2.05, 4.69) is 15.6 Å². The van der Waals surface area contributed by atoms with Gasteiger partial charge in [0.1, 0.15) is 27.8 Å². The third-order valence-electron chi connectivity index (χ3n) is 7.62. The summed E-state index contributed by atoms with van der Waals surface area (Å²) in [7, 11) is 0. The summed E-state index contributed by atoms with van der Waals surface area (Å²) in [6.07, 6.45) is 2.68. The fourth-order valence-corrected chi connectivity index (χ4v) is 6.14. The van der Waals surface area contributed by atoms with Crippen molar-refractivity contribution in [2.45, 2.75) is 57.3 Å². The summed E-state index contributed by atoms with van der Waals surface area (Å²) < 4.78 is 14.8. The fraction of sp³-hybridized carbons (Fsp3) is 0.429. The number of pyridine rings is 1. The van der Waals surface area contributed by atoms with Crippen LogP contribution in [0.2, 0.25) is 0 Å². The molecule has 3 aromatic heterocycles. The Morgan fingerprint density at radius 2 is 2.00 bits per heavy atom. The van der Waals surface area contributed by atoms with Crippen molar-refractivity contribution in [3.8, 4) is 10.6 Å². The molecule has 0 radical (unpaired) electrons. The highest BCUT2D eigenvalue weighted by Crippen LogP contribution is 2.40. The number of thiazole rings is 1. The number of aliphatic hydroxyl groups is 3. The molecule has 5 rings (SSSR count).